The largest absolute Gasteiger partial charge is 0.381 e. The highest BCUT2D eigenvalue weighted by atomic mass is 35.5. The summed E-state index contributed by atoms with van der Waals surface area (Å²) in [5, 5.41) is 3.85. The molecular formula is C18H24ClNO3. The molecule has 0 saturated carbocycles. The van der Waals surface area contributed by atoms with E-state index in [2.05, 4.69) is 5.32 Å². The van der Waals surface area contributed by atoms with Crippen molar-refractivity contribution in [2.75, 3.05) is 19.8 Å². The van der Waals surface area contributed by atoms with Crippen LogP contribution < -0.4 is 5.32 Å². The Morgan fingerprint density at radius 2 is 2.13 bits per heavy atom. The van der Waals surface area contributed by atoms with E-state index in [1.165, 1.54) is 0 Å². The topological polar surface area (TPSA) is 47.6 Å². The van der Waals surface area contributed by atoms with Crippen molar-refractivity contribution in [3.8, 4) is 0 Å². The van der Waals surface area contributed by atoms with Crippen LogP contribution in [0.4, 0.5) is 0 Å². The molecule has 4 nitrogen and oxygen atoms in total. The van der Waals surface area contributed by atoms with Crippen LogP contribution in [0.15, 0.2) is 24.3 Å². The van der Waals surface area contributed by atoms with Crippen LogP contribution in [0.2, 0.25) is 5.02 Å². The number of rotatable bonds is 4. The standard InChI is InChI=1S/C18H24ClNO3/c1-13(16-6-3-9-23-16)20-17(21)18(7-10-22-11-8-18)14-4-2-5-15(19)12-14/h2,4-5,12-13,16H,3,6-11H2,1H3,(H,20,21)/t13-,16-/m0/s1. The third-order valence-electron chi connectivity index (χ3n) is 5.04. The zero-order valence-corrected chi connectivity index (χ0v) is 14.3. The third-order valence-corrected chi connectivity index (χ3v) is 5.27. The number of ether oxygens (including phenoxy) is 2. The highest BCUT2D eigenvalue weighted by Gasteiger charge is 2.42. The lowest BCUT2D eigenvalue weighted by Gasteiger charge is -2.37. The van der Waals surface area contributed by atoms with Crippen LogP contribution in [0.3, 0.4) is 0 Å². The average Bonchev–Trinajstić information content (AvgIpc) is 3.10. The molecule has 3 rings (SSSR count). The Morgan fingerprint density at radius 1 is 1.35 bits per heavy atom. The van der Waals surface area contributed by atoms with Crippen LogP contribution in [0, 0.1) is 0 Å². The van der Waals surface area contributed by atoms with Crippen molar-refractivity contribution in [1.82, 2.24) is 5.32 Å². The fraction of sp³-hybridized carbons (Fsp3) is 0.611. The minimum absolute atomic E-state index is 0.0175. The Kier molecular flexibility index (Phi) is 5.24. The van der Waals surface area contributed by atoms with Gasteiger partial charge in [-0.15, -0.1) is 0 Å². The van der Waals surface area contributed by atoms with Crippen molar-refractivity contribution in [2.24, 2.45) is 0 Å². The molecule has 1 aromatic carbocycles. The lowest BCUT2D eigenvalue weighted by molar-refractivity contribution is -0.132. The van der Waals surface area contributed by atoms with Crippen LogP contribution in [0.25, 0.3) is 0 Å². The highest BCUT2D eigenvalue weighted by Crippen LogP contribution is 2.36. The van der Waals surface area contributed by atoms with Gasteiger partial charge < -0.3 is 14.8 Å². The lowest BCUT2D eigenvalue weighted by Crippen LogP contribution is -2.52. The van der Waals surface area contributed by atoms with E-state index in [9.17, 15) is 4.79 Å². The molecule has 2 aliphatic rings. The normalized spacial score (nSPS) is 25.0. The van der Waals surface area contributed by atoms with E-state index in [1.807, 2.05) is 31.2 Å². The van der Waals surface area contributed by atoms with E-state index in [0.717, 1.165) is 25.0 Å². The second-order valence-corrected chi connectivity index (χ2v) is 6.95. The van der Waals surface area contributed by atoms with Crippen LogP contribution in [-0.2, 0) is 19.7 Å². The first-order valence-corrected chi connectivity index (χ1v) is 8.76. The van der Waals surface area contributed by atoms with E-state index < -0.39 is 5.41 Å². The molecule has 2 aliphatic heterocycles. The maximum absolute atomic E-state index is 13.1. The number of carbonyl (C=O) groups is 1. The Morgan fingerprint density at radius 3 is 2.78 bits per heavy atom. The zero-order valence-electron chi connectivity index (χ0n) is 13.5. The van der Waals surface area contributed by atoms with E-state index >= 15 is 0 Å². The summed E-state index contributed by atoms with van der Waals surface area (Å²) in [7, 11) is 0. The van der Waals surface area contributed by atoms with Gasteiger partial charge in [0.1, 0.15) is 0 Å². The van der Waals surface area contributed by atoms with Crippen LogP contribution in [0.5, 0.6) is 0 Å². The first kappa shape index (κ1) is 16.7. The zero-order chi connectivity index (χ0) is 16.3. The summed E-state index contributed by atoms with van der Waals surface area (Å²) in [4.78, 5) is 13.1. The van der Waals surface area contributed by atoms with Gasteiger partial charge >= 0.3 is 0 Å². The van der Waals surface area contributed by atoms with Crippen LogP contribution in [0.1, 0.15) is 38.2 Å². The summed E-state index contributed by atoms with van der Waals surface area (Å²) in [5.41, 5.74) is 0.418. The number of amides is 1. The second-order valence-electron chi connectivity index (χ2n) is 6.52. The van der Waals surface area contributed by atoms with Gasteiger partial charge in [-0.05, 0) is 50.3 Å². The average molecular weight is 338 g/mol. The monoisotopic (exact) mass is 337 g/mol. The number of nitrogens with one attached hydrogen (secondary N) is 1. The molecule has 0 bridgehead atoms. The van der Waals surface area contributed by atoms with Crippen molar-refractivity contribution < 1.29 is 14.3 Å². The van der Waals surface area contributed by atoms with Crippen molar-refractivity contribution in [1.29, 1.82) is 0 Å². The van der Waals surface area contributed by atoms with Gasteiger partial charge in [-0.3, -0.25) is 4.79 Å². The van der Waals surface area contributed by atoms with Gasteiger partial charge in [0.2, 0.25) is 5.91 Å². The first-order chi connectivity index (χ1) is 11.1. The lowest BCUT2D eigenvalue weighted by atomic mass is 9.73. The Labute approximate surface area is 142 Å². The molecule has 2 fully saturated rings. The summed E-state index contributed by atoms with van der Waals surface area (Å²) in [6.07, 6.45) is 3.55. The molecule has 1 N–H and O–H groups in total. The molecule has 1 amide bonds. The SMILES string of the molecule is C[C@H](NC(=O)C1(c2cccc(Cl)c2)CCOCC1)[C@@H]1CCCO1. The molecule has 0 radical (unpaired) electrons. The number of benzene rings is 1. The summed E-state index contributed by atoms with van der Waals surface area (Å²) in [6, 6.07) is 7.66. The van der Waals surface area contributed by atoms with Crippen molar-refractivity contribution >= 4 is 17.5 Å². The maximum atomic E-state index is 13.1. The van der Waals surface area contributed by atoms with Crippen molar-refractivity contribution in [3.05, 3.63) is 34.9 Å². The molecule has 0 aromatic heterocycles. The van der Waals surface area contributed by atoms with Crippen molar-refractivity contribution in [2.45, 2.75) is 50.2 Å². The minimum atomic E-state index is -0.560. The van der Waals surface area contributed by atoms with Crippen LogP contribution >= 0.6 is 11.6 Å². The fourth-order valence-corrected chi connectivity index (χ4v) is 3.78. The number of hydrogen-bond donors (Lipinski definition) is 1. The second kappa shape index (κ2) is 7.20. The Bertz CT molecular complexity index is 551. The van der Waals surface area contributed by atoms with Gasteiger partial charge in [0.15, 0.2) is 0 Å². The molecule has 23 heavy (non-hydrogen) atoms. The number of carbonyl (C=O) groups excluding carboxylic acids is 1. The summed E-state index contributed by atoms with van der Waals surface area (Å²) < 4.78 is 11.2. The first-order valence-electron chi connectivity index (χ1n) is 8.38. The van der Waals surface area contributed by atoms with Gasteiger partial charge in [0, 0.05) is 24.8 Å². The van der Waals surface area contributed by atoms with Crippen molar-refractivity contribution in [3.63, 3.8) is 0 Å². The highest BCUT2D eigenvalue weighted by molar-refractivity contribution is 6.30. The van der Waals surface area contributed by atoms with E-state index in [1.54, 1.807) is 0 Å². The number of halogens is 1. The molecule has 0 aliphatic carbocycles. The van der Waals surface area contributed by atoms with E-state index in [4.69, 9.17) is 21.1 Å². The van der Waals surface area contributed by atoms with Gasteiger partial charge in [0.25, 0.3) is 0 Å². The van der Waals surface area contributed by atoms with E-state index in [-0.39, 0.29) is 18.1 Å². The number of hydrogen-bond acceptors (Lipinski definition) is 3. The molecule has 2 atom stereocenters. The summed E-state index contributed by atoms with van der Waals surface area (Å²) in [6.45, 7) is 4.00. The molecule has 1 aromatic rings. The molecule has 2 heterocycles. The van der Waals surface area contributed by atoms with E-state index in [0.29, 0.717) is 31.1 Å². The molecule has 2 saturated heterocycles. The van der Waals surface area contributed by atoms with Crippen LogP contribution in [-0.4, -0.2) is 37.9 Å². The minimum Gasteiger partial charge on any atom is -0.381 e. The molecule has 0 spiro atoms. The third kappa shape index (κ3) is 3.54. The van der Waals surface area contributed by atoms with Gasteiger partial charge in [0.05, 0.1) is 17.6 Å². The maximum Gasteiger partial charge on any atom is 0.231 e. The Hall–Kier alpha value is -1.10. The molecular weight excluding hydrogens is 314 g/mol. The fourth-order valence-electron chi connectivity index (χ4n) is 3.59. The summed E-state index contributed by atoms with van der Waals surface area (Å²) >= 11 is 6.16. The predicted molar refractivity (Wildman–Crippen MR) is 89.8 cm³/mol. The molecule has 126 valence electrons. The van der Waals surface area contributed by atoms with Gasteiger partial charge in [-0.25, -0.2) is 0 Å². The molecule has 0 unspecified atom stereocenters. The van der Waals surface area contributed by atoms with Gasteiger partial charge in [-0.1, -0.05) is 23.7 Å². The smallest absolute Gasteiger partial charge is 0.231 e. The molecule has 5 heteroatoms. The Balaban J connectivity index is 1.81. The predicted octanol–water partition coefficient (Wildman–Crippen LogP) is 3.07. The van der Waals surface area contributed by atoms with Gasteiger partial charge in [-0.2, -0.15) is 0 Å². The summed E-state index contributed by atoms with van der Waals surface area (Å²) in [5.74, 6) is 0.0612. The quantitative estimate of drug-likeness (QED) is 0.918.